The van der Waals surface area contributed by atoms with Crippen LogP contribution in [0.3, 0.4) is 0 Å². The first-order chi connectivity index (χ1) is 9.88. The fourth-order valence-electron chi connectivity index (χ4n) is 2.36. The molecule has 1 unspecified atom stereocenters. The monoisotopic (exact) mass is 311 g/mol. The number of anilines is 1. The van der Waals surface area contributed by atoms with Gasteiger partial charge in [-0.05, 0) is 36.6 Å². The Morgan fingerprint density at radius 3 is 2.67 bits per heavy atom. The number of halogens is 3. The summed E-state index contributed by atoms with van der Waals surface area (Å²) in [5, 5.41) is 1.95. The molecule has 3 aromatic rings. The minimum Gasteiger partial charge on any atom is -0.369 e. The van der Waals surface area contributed by atoms with E-state index in [9.17, 15) is 13.2 Å². The van der Waals surface area contributed by atoms with Gasteiger partial charge in [0.25, 0.3) is 0 Å². The van der Waals surface area contributed by atoms with E-state index in [2.05, 4.69) is 4.98 Å². The molecule has 1 aromatic carbocycles. The number of fused-ring (bicyclic) bond motifs is 1. The summed E-state index contributed by atoms with van der Waals surface area (Å²) < 4.78 is 40.0. The number of hydrogen-bond donors (Lipinski definition) is 1. The molecule has 0 bridgehead atoms. The fraction of sp³-hybridized carbons (Fsp3) is 0.214. The Balaban J connectivity index is 2.14. The number of nitrogens with zero attached hydrogens (tertiary/aromatic N) is 2. The second-order valence-electron chi connectivity index (χ2n) is 4.73. The largest absolute Gasteiger partial charge is 0.416 e. The van der Waals surface area contributed by atoms with E-state index in [1.807, 2.05) is 24.4 Å². The summed E-state index contributed by atoms with van der Waals surface area (Å²) in [6.45, 7) is 1.95. The Morgan fingerprint density at radius 2 is 2.05 bits per heavy atom. The summed E-state index contributed by atoms with van der Waals surface area (Å²) >= 11 is 1.57. The maximum atomic E-state index is 12.7. The molecular formula is C14H12F3N3S. The Bertz CT molecular complexity index is 775. The summed E-state index contributed by atoms with van der Waals surface area (Å²) in [5.41, 5.74) is 6.03. The topological polar surface area (TPSA) is 43.8 Å². The lowest BCUT2D eigenvalue weighted by molar-refractivity contribution is -0.137. The van der Waals surface area contributed by atoms with Crippen molar-refractivity contribution < 1.29 is 13.2 Å². The van der Waals surface area contributed by atoms with Crippen LogP contribution in [0.5, 0.6) is 0 Å². The molecule has 0 amide bonds. The molecule has 0 saturated carbocycles. The van der Waals surface area contributed by atoms with Crippen LogP contribution in [0.2, 0.25) is 0 Å². The van der Waals surface area contributed by atoms with E-state index < -0.39 is 11.7 Å². The van der Waals surface area contributed by atoms with Crippen LogP contribution in [-0.4, -0.2) is 9.55 Å². The van der Waals surface area contributed by atoms with Gasteiger partial charge in [0.05, 0.1) is 22.6 Å². The quantitative estimate of drug-likeness (QED) is 0.766. The van der Waals surface area contributed by atoms with Crippen molar-refractivity contribution in [3.05, 3.63) is 46.2 Å². The van der Waals surface area contributed by atoms with E-state index in [1.165, 1.54) is 6.07 Å². The van der Waals surface area contributed by atoms with Gasteiger partial charge in [0, 0.05) is 4.88 Å². The predicted molar refractivity (Wildman–Crippen MR) is 77.3 cm³/mol. The van der Waals surface area contributed by atoms with Crippen molar-refractivity contribution in [2.45, 2.75) is 19.1 Å². The van der Waals surface area contributed by atoms with E-state index >= 15 is 0 Å². The van der Waals surface area contributed by atoms with Gasteiger partial charge in [0.2, 0.25) is 5.95 Å². The number of nitrogen functional groups attached to an aromatic ring is 1. The van der Waals surface area contributed by atoms with E-state index in [-0.39, 0.29) is 17.5 Å². The highest BCUT2D eigenvalue weighted by Crippen LogP contribution is 2.34. The number of thiophene rings is 1. The number of alkyl halides is 3. The molecule has 0 fully saturated rings. The van der Waals surface area contributed by atoms with Crippen molar-refractivity contribution in [1.82, 2.24) is 9.55 Å². The Hall–Kier alpha value is -2.02. The molecule has 3 nitrogen and oxygen atoms in total. The maximum Gasteiger partial charge on any atom is 0.416 e. The molecule has 7 heteroatoms. The average molecular weight is 311 g/mol. The first-order valence-electron chi connectivity index (χ1n) is 6.26. The highest BCUT2D eigenvalue weighted by atomic mass is 32.1. The normalized spacial score (nSPS) is 13.7. The summed E-state index contributed by atoms with van der Waals surface area (Å²) in [7, 11) is 0. The van der Waals surface area contributed by atoms with Gasteiger partial charge in [0.1, 0.15) is 0 Å². The zero-order chi connectivity index (χ0) is 15.2. The second kappa shape index (κ2) is 4.77. The fourth-order valence-corrected chi connectivity index (χ4v) is 3.13. The van der Waals surface area contributed by atoms with Crippen molar-refractivity contribution in [2.75, 3.05) is 5.73 Å². The minimum atomic E-state index is -4.38. The van der Waals surface area contributed by atoms with Crippen LogP contribution in [0.25, 0.3) is 11.0 Å². The van der Waals surface area contributed by atoms with E-state index in [0.29, 0.717) is 5.52 Å². The molecule has 21 heavy (non-hydrogen) atoms. The lowest BCUT2D eigenvalue weighted by Crippen LogP contribution is -2.09. The Kier molecular flexibility index (Phi) is 3.16. The number of imidazole rings is 1. The van der Waals surface area contributed by atoms with Crippen LogP contribution in [-0.2, 0) is 6.18 Å². The highest BCUT2D eigenvalue weighted by molar-refractivity contribution is 7.10. The van der Waals surface area contributed by atoms with Gasteiger partial charge in [-0.3, -0.25) is 0 Å². The van der Waals surface area contributed by atoms with Gasteiger partial charge in [0.15, 0.2) is 0 Å². The molecule has 2 N–H and O–H groups in total. The predicted octanol–water partition coefficient (Wildman–Crippen LogP) is 4.31. The SMILES string of the molecule is CC(c1cccs1)n1c(N)nc2cc(C(F)(F)F)ccc21. The lowest BCUT2D eigenvalue weighted by atomic mass is 10.2. The maximum absolute atomic E-state index is 12.7. The van der Waals surface area contributed by atoms with Crippen LogP contribution in [0, 0.1) is 0 Å². The van der Waals surface area contributed by atoms with Gasteiger partial charge in [-0.25, -0.2) is 4.98 Å². The van der Waals surface area contributed by atoms with Crippen molar-refractivity contribution in [3.8, 4) is 0 Å². The van der Waals surface area contributed by atoms with Crippen molar-refractivity contribution >= 4 is 28.3 Å². The van der Waals surface area contributed by atoms with Gasteiger partial charge < -0.3 is 10.3 Å². The Morgan fingerprint density at radius 1 is 1.29 bits per heavy atom. The molecule has 3 rings (SSSR count). The number of aromatic nitrogens is 2. The molecule has 0 radical (unpaired) electrons. The average Bonchev–Trinajstić information content (AvgIpc) is 3.02. The summed E-state index contributed by atoms with van der Waals surface area (Å²) in [6.07, 6.45) is -4.38. The number of benzene rings is 1. The lowest BCUT2D eigenvalue weighted by Gasteiger charge is -2.14. The highest BCUT2D eigenvalue weighted by Gasteiger charge is 2.31. The van der Waals surface area contributed by atoms with Crippen LogP contribution >= 0.6 is 11.3 Å². The molecule has 0 aliphatic heterocycles. The molecule has 0 aliphatic carbocycles. The van der Waals surface area contributed by atoms with Crippen LogP contribution in [0.15, 0.2) is 35.7 Å². The molecule has 1 atom stereocenters. The zero-order valence-electron chi connectivity index (χ0n) is 11.1. The molecule has 110 valence electrons. The van der Waals surface area contributed by atoms with Crippen molar-refractivity contribution in [1.29, 1.82) is 0 Å². The third-order valence-electron chi connectivity index (χ3n) is 3.39. The third kappa shape index (κ3) is 2.37. The van der Waals surface area contributed by atoms with Gasteiger partial charge in [-0.15, -0.1) is 11.3 Å². The van der Waals surface area contributed by atoms with Gasteiger partial charge in [-0.2, -0.15) is 13.2 Å². The first-order valence-corrected chi connectivity index (χ1v) is 7.14. The summed E-state index contributed by atoms with van der Waals surface area (Å²) in [6, 6.07) is 7.32. The third-order valence-corrected chi connectivity index (χ3v) is 4.43. The van der Waals surface area contributed by atoms with Gasteiger partial charge in [-0.1, -0.05) is 6.07 Å². The van der Waals surface area contributed by atoms with Crippen LogP contribution < -0.4 is 5.73 Å². The van der Waals surface area contributed by atoms with E-state index in [4.69, 9.17) is 5.73 Å². The number of nitrogens with two attached hydrogens (primary N) is 1. The van der Waals surface area contributed by atoms with E-state index in [0.717, 1.165) is 17.0 Å². The van der Waals surface area contributed by atoms with E-state index in [1.54, 1.807) is 15.9 Å². The smallest absolute Gasteiger partial charge is 0.369 e. The molecule has 0 aliphatic rings. The van der Waals surface area contributed by atoms with Gasteiger partial charge >= 0.3 is 6.18 Å². The summed E-state index contributed by atoms with van der Waals surface area (Å²) in [5.74, 6) is 0.213. The molecular weight excluding hydrogens is 299 g/mol. The van der Waals surface area contributed by atoms with Crippen molar-refractivity contribution in [3.63, 3.8) is 0 Å². The first kappa shape index (κ1) is 13.9. The van der Waals surface area contributed by atoms with Crippen molar-refractivity contribution in [2.24, 2.45) is 0 Å². The minimum absolute atomic E-state index is 0.0771. The molecule has 0 spiro atoms. The Labute approximate surface area is 122 Å². The van der Waals surface area contributed by atoms with Crippen LogP contribution in [0.1, 0.15) is 23.4 Å². The van der Waals surface area contributed by atoms with Crippen LogP contribution in [0.4, 0.5) is 19.1 Å². The molecule has 2 heterocycles. The number of hydrogen-bond acceptors (Lipinski definition) is 3. The molecule has 2 aromatic heterocycles. The molecule has 0 saturated heterocycles. The number of rotatable bonds is 2. The standard InChI is InChI=1S/C14H12F3N3S/c1-8(12-3-2-6-21-12)20-11-5-4-9(14(15,16)17)7-10(11)19-13(20)18/h2-8H,1H3,(H2,18,19). The second-order valence-corrected chi connectivity index (χ2v) is 5.71. The zero-order valence-corrected chi connectivity index (χ0v) is 11.9. The summed E-state index contributed by atoms with van der Waals surface area (Å²) in [4.78, 5) is 5.13.